The van der Waals surface area contributed by atoms with Crippen LogP contribution in [0.3, 0.4) is 0 Å². The minimum absolute atomic E-state index is 0.138. The smallest absolute Gasteiger partial charge is 0.341 e. The molecule has 0 unspecified atom stereocenters. The van der Waals surface area contributed by atoms with Gasteiger partial charge in [0.25, 0.3) is 5.91 Å². The molecule has 1 amide bonds. The van der Waals surface area contributed by atoms with Crippen LogP contribution < -0.4 is 10.1 Å². The maximum Gasteiger partial charge on any atom is 0.341 e. The first kappa shape index (κ1) is 19.9. The van der Waals surface area contributed by atoms with Crippen molar-refractivity contribution in [3.63, 3.8) is 0 Å². The second kappa shape index (κ2) is 8.44. The summed E-state index contributed by atoms with van der Waals surface area (Å²) in [6.07, 6.45) is 2.79. The van der Waals surface area contributed by atoms with Gasteiger partial charge in [-0.3, -0.25) is 4.79 Å². The highest BCUT2D eigenvalue weighted by Gasteiger charge is 2.28. The van der Waals surface area contributed by atoms with Crippen molar-refractivity contribution in [2.24, 2.45) is 5.92 Å². The zero-order valence-corrected chi connectivity index (χ0v) is 18.0. The van der Waals surface area contributed by atoms with Crippen molar-refractivity contribution in [3.05, 3.63) is 44.2 Å². The van der Waals surface area contributed by atoms with Crippen LogP contribution in [0.2, 0.25) is 0 Å². The first-order chi connectivity index (χ1) is 12.9. The fraction of sp³-hybridized carbons (Fsp3) is 0.400. The van der Waals surface area contributed by atoms with Crippen LogP contribution in [0, 0.1) is 12.8 Å². The van der Waals surface area contributed by atoms with Gasteiger partial charge in [0.05, 0.1) is 17.1 Å². The summed E-state index contributed by atoms with van der Waals surface area (Å²) in [7, 11) is 1.36. The lowest BCUT2D eigenvalue weighted by molar-refractivity contribution is -0.118. The Labute approximate surface area is 171 Å². The van der Waals surface area contributed by atoms with Crippen molar-refractivity contribution in [2.75, 3.05) is 19.0 Å². The topological polar surface area (TPSA) is 64.6 Å². The van der Waals surface area contributed by atoms with Crippen molar-refractivity contribution < 1.29 is 19.1 Å². The van der Waals surface area contributed by atoms with E-state index in [2.05, 4.69) is 28.2 Å². The molecule has 7 heteroatoms. The van der Waals surface area contributed by atoms with Gasteiger partial charge in [0.2, 0.25) is 0 Å². The van der Waals surface area contributed by atoms with Gasteiger partial charge in [0.1, 0.15) is 10.8 Å². The number of hydrogen-bond acceptors (Lipinski definition) is 5. The summed E-state index contributed by atoms with van der Waals surface area (Å²) in [4.78, 5) is 25.8. The van der Waals surface area contributed by atoms with Gasteiger partial charge >= 0.3 is 5.97 Å². The van der Waals surface area contributed by atoms with E-state index in [4.69, 9.17) is 9.47 Å². The van der Waals surface area contributed by atoms with Crippen molar-refractivity contribution in [1.29, 1.82) is 0 Å². The van der Waals surface area contributed by atoms with E-state index in [0.717, 1.165) is 39.7 Å². The van der Waals surface area contributed by atoms with E-state index >= 15 is 0 Å². The molecule has 0 bridgehead atoms. The third kappa shape index (κ3) is 4.52. The summed E-state index contributed by atoms with van der Waals surface area (Å²) in [5, 5.41) is 3.39. The zero-order chi connectivity index (χ0) is 19.6. The van der Waals surface area contributed by atoms with Crippen LogP contribution in [0.4, 0.5) is 5.00 Å². The van der Waals surface area contributed by atoms with E-state index in [9.17, 15) is 9.59 Å². The minimum Gasteiger partial charge on any atom is -0.483 e. The largest absolute Gasteiger partial charge is 0.483 e. The van der Waals surface area contributed by atoms with Crippen LogP contribution in [-0.4, -0.2) is 25.6 Å². The molecule has 1 aliphatic carbocycles. The molecule has 1 aromatic heterocycles. The lowest BCUT2D eigenvalue weighted by atomic mass is 9.88. The quantitative estimate of drug-likeness (QED) is 0.666. The Morgan fingerprint density at radius 1 is 1.37 bits per heavy atom. The van der Waals surface area contributed by atoms with Crippen molar-refractivity contribution in [1.82, 2.24) is 0 Å². The summed E-state index contributed by atoms with van der Waals surface area (Å²) < 4.78 is 11.3. The van der Waals surface area contributed by atoms with Gasteiger partial charge in [0.15, 0.2) is 6.61 Å². The number of fused-ring (bicyclic) bond motifs is 1. The molecule has 3 rings (SSSR count). The van der Waals surface area contributed by atoms with Gasteiger partial charge in [-0.05, 0) is 71.3 Å². The molecular formula is C20H22BrNO4S. The number of anilines is 1. The number of carbonyl (C=O) groups is 2. The second-order valence-corrected chi connectivity index (χ2v) is 8.78. The summed E-state index contributed by atoms with van der Waals surface area (Å²) >= 11 is 4.90. The molecule has 1 aliphatic rings. The Bertz CT molecular complexity index is 877. The number of halogens is 1. The molecule has 5 nitrogen and oxygen atoms in total. The number of amides is 1. The maximum atomic E-state index is 12.4. The fourth-order valence-corrected chi connectivity index (χ4v) is 5.21. The third-order valence-corrected chi connectivity index (χ3v) is 6.39. The van der Waals surface area contributed by atoms with Crippen molar-refractivity contribution in [3.8, 4) is 5.75 Å². The van der Waals surface area contributed by atoms with Gasteiger partial charge in [-0.1, -0.05) is 13.0 Å². The summed E-state index contributed by atoms with van der Waals surface area (Å²) in [5.41, 5.74) is 2.61. The molecule has 144 valence electrons. The molecule has 0 aliphatic heterocycles. The molecule has 0 spiro atoms. The van der Waals surface area contributed by atoms with Crippen molar-refractivity contribution >= 4 is 44.1 Å². The number of ether oxygens (including phenoxy) is 2. The first-order valence-corrected chi connectivity index (χ1v) is 10.4. The van der Waals surface area contributed by atoms with Crippen LogP contribution in [-0.2, 0) is 22.4 Å². The number of benzene rings is 1. The fourth-order valence-electron chi connectivity index (χ4n) is 3.19. The Hall–Kier alpha value is -1.86. The van der Waals surface area contributed by atoms with E-state index in [1.807, 2.05) is 25.1 Å². The van der Waals surface area contributed by atoms with Crippen LogP contribution in [0.25, 0.3) is 0 Å². The number of rotatable bonds is 5. The number of thiophene rings is 1. The molecule has 0 saturated heterocycles. The predicted octanol–water partition coefficient (Wildman–Crippen LogP) is 4.75. The zero-order valence-electron chi connectivity index (χ0n) is 15.6. The van der Waals surface area contributed by atoms with Crippen LogP contribution >= 0.6 is 27.3 Å². The lowest BCUT2D eigenvalue weighted by Crippen LogP contribution is -2.21. The van der Waals surface area contributed by atoms with E-state index in [1.165, 1.54) is 18.4 Å². The molecular weight excluding hydrogens is 430 g/mol. The summed E-state index contributed by atoms with van der Waals surface area (Å²) in [6.45, 7) is 4.04. The van der Waals surface area contributed by atoms with Crippen LogP contribution in [0.1, 0.15) is 39.7 Å². The van der Waals surface area contributed by atoms with E-state index in [1.54, 1.807) is 0 Å². The maximum absolute atomic E-state index is 12.4. The number of aryl methyl sites for hydroxylation is 1. The Morgan fingerprint density at radius 3 is 2.85 bits per heavy atom. The molecule has 1 atom stereocenters. The van der Waals surface area contributed by atoms with Crippen LogP contribution in [0.5, 0.6) is 5.75 Å². The van der Waals surface area contributed by atoms with Gasteiger partial charge in [0, 0.05) is 4.88 Å². The van der Waals surface area contributed by atoms with Gasteiger partial charge in [-0.2, -0.15) is 0 Å². The summed E-state index contributed by atoms with van der Waals surface area (Å²) in [5.74, 6) is 0.467. The second-order valence-electron chi connectivity index (χ2n) is 6.82. The Morgan fingerprint density at radius 2 is 2.15 bits per heavy atom. The monoisotopic (exact) mass is 451 g/mol. The third-order valence-electron chi connectivity index (χ3n) is 4.60. The highest BCUT2D eigenvalue weighted by molar-refractivity contribution is 9.10. The average Bonchev–Trinajstić information content (AvgIpc) is 2.97. The Kier molecular flexibility index (Phi) is 6.22. The number of nitrogens with one attached hydrogen (secondary N) is 1. The molecule has 0 fully saturated rings. The standard InChI is InChI=1S/C20H22BrNO4S/c1-11-5-7-15(14(21)8-11)26-10-17(23)22-19-18(20(24)25-3)13-6-4-12(2)9-16(13)27-19/h5,7-8,12H,4,6,9-10H2,1-3H3,(H,22,23)/t12-/m1/s1. The molecule has 27 heavy (non-hydrogen) atoms. The van der Waals surface area contributed by atoms with E-state index in [-0.39, 0.29) is 12.5 Å². The average molecular weight is 452 g/mol. The molecule has 1 aromatic carbocycles. The Balaban J connectivity index is 1.74. The SMILES string of the molecule is COC(=O)c1c(NC(=O)COc2ccc(C)cc2Br)sc2c1CC[C@@H](C)C2. The van der Waals surface area contributed by atoms with Gasteiger partial charge in [-0.15, -0.1) is 11.3 Å². The molecule has 0 radical (unpaired) electrons. The lowest BCUT2D eigenvalue weighted by Gasteiger charge is -2.18. The van der Waals surface area contributed by atoms with Gasteiger partial charge < -0.3 is 14.8 Å². The number of methoxy groups -OCH3 is 1. The number of esters is 1. The minimum atomic E-state index is -0.403. The highest BCUT2D eigenvalue weighted by atomic mass is 79.9. The molecule has 2 aromatic rings. The molecule has 1 N–H and O–H groups in total. The van der Waals surface area contributed by atoms with E-state index < -0.39 is 5.97 Å². The predicted molar refractivity (Wildman–Crippen MR) is 110 cm³/mol. The van der Waals surface area contributed by atoms with Crippen molar-refractivity contribution in [2.45, 2.75) is 33.1 Å². The van der Waals surface area contributed by atoms with Crippen LogP contribution in [0.15, 0.2) is 22.7 Å². The summed E-state index contributed by atoms with van der Waals surface area (Å²) in [6, 6.07) is 5.66. The highest BCUT2D eigenvalue weighted by Crippen LogP contribution is 2.40. The molecule has 0 saturated carbocycles. The molecule has 1 heterocycles. The number of hydrogen-bond donors (Lipinski definition) is 1. The number of carbonyl (C=O) groups excluding carboxylic acids is 2. The van der Waals surface area contributed by atoms with Gasteiger partial charge in [-0.25, -0.2) is 4.79 Å². The van der Waals surface area contributed by atoms with E-state index in [0.29, 0.717) is 22.2 Å². The first-order valence-electron chi connectivity index (χ1n) is 8.80. The normalized spacial score (nSPS) is 15.8.